The molecule has 0 aromatic carbocycles. The summed E-state index contributed by atoms with van der Waals surface area (Å²) >= 11 is 0. The zero-order valence-corrected chi connectivity index (χ0v) is 6.12. The average Bonchev–Trinajstić information content (AvgIpc) is 2.17. The normalized spacial score (nSPS) is 45.7. The van der Waals surface area contributed by atoms with Crippen molar-refractivity contribution in [2.24, 2.45) is 11.7 Å². The minimum Gasteiger partial charge on any atom is -0.373 e. The van der Waals surface area contributed by atoms with Gasteiger partial charge in [-0.05, 0) is 18.8 Å². The molecule has 1 aliphatic carbocycles. The molecule has 3 fully saturated rings. The average molecular weight is 150 g/mol. The third-order valence-corrected chi connectivity index (χ3v) is 2.32. The minimum atomic E-state index is 0. The lowest BCUT2D eigenvalue weighted by atomic mass is 9.75. The molecule has 0 radical (unpaired) electrons. The summed E-state index contributed by atoms with van der Waals surface area (Å²) in [7, 11) is 0. The zero-order chi connectivity index (χ0) is 5.61. The summed E-state index contributed by atoms with van der Waals surface area (Å²) in [5, 5.41) is 0. The highest BCUT2D eigenvalue weighted by Crippen LogP contribution is 2.47. The Hall–Kier alpha value is 0.210. The van der Waals surface area contributed by atoms with E-state index >= 15 is 0 Å². The maximum atomic E-state index is 5.48. The molecule has 0 spiro atoms. The Kier molecular flexibility index (Phi) is 1.72. The van der Waals surface area contributed by atoms with E-state index in [0.29, 0.717) is 0 Å². The maximum absolute atomic E-state index is 5.48. The second kappa shape index (κ2) is 2.11. The van der Waals surface area contributed by atoms with Gasteiger partial charge < -0.3 is 10.5 Å². The van der Waals surface area contributed by atoms with Gasteiger partial charge in [0, 0.05) is 6.54 Å². The fraction of sp³-hybridized carbons (Fsp3) is 1.00. The molecule has 9 heavy (non-hydrogen) atoms. The predicted molar refractivity (Wildman–Crippen MR) is 37.7 cm³/mol. The number of nitrogens with two attached hydrogens (primary N) is 1. The van der Waals surface area contributed by atoms with Gasteiger partial charge in [0.2, 0.25) is 0 Å². The van der Waals surface area contributed by atoms with Crippen molar-refractivity contribution in [3.63, 3.8) is 0 Å². The van der Waals surface area contributed by atoms with Crippen LogP contribution in [0.3, 0.4) is 0 Å². The summed E-state index contributed by atoms with van der Waals surface area (Å²) < 4.78 is 5.44. The highest BCUT2D eigenvalue weighted by Gasteiger charge is 2.50. The second-order valence-electron chi connectivity index (χ2n) is 2.97. The lowest BCUT2D eigenvalue weighted by Crippen LogP contribution is -2.43. The van der Waals surface area contributed by atoms with Crippen molar-refractivity contribution in [1.82, 2.24) is 0 Å². The van der Waals surface area contributed by atoms with Crippen LogP contribution in [0, 0.1) is 5.92 Å². The molecule has 3 heteroatoms. The zero-order valence-electron chi connectivity index (χ0n) is 5.30. The number of halogens is 1. The summed E-state index contributed by atoms with van der Waals surface area (Å²) in [5.74, 6) is 0.860. The van der Waals surface area contributed by atoms with Gasteiger partial charge in [0.1, 0.15) is 0 Å². The Labute approximate surface area is 61.2 Å². The van der Waals surface area contributed by atoms with Crippen molar-refractivity contribution < 1.29 is 4.74 Å². The van der Waals surface area contributed by atoms with Gasteiger partial charge in [0.05, 0.1) is 12.2 Å². The highest BCUT2D eigenvalue weighted by atomic mass is 35.5. The van der Waals surface area contributed by atoms with Gasteiger partial charge in [-0.15, -0.1) is 12.4 Å². The Balaban J connectivity index is 0.000000405. The van der Waals surface area contributed by atoms with Crippen molar-refractivity contribution in [1.29, 1.82) is 0 Å². The van der Waals surface area contributed by atoms with Crippen molar-refractivity contribution in [2.75, 3.05) is 13.2 Å². The maximum Gasteiger partial charge on any atom is 0.0811 e. The topological polar surface area (TPSA) is 35.2 Å². The first kappa shape index (κ1) is 7.32. The van der Waals surface area contributed by atoms with Crippen LogP contribution in [-0.4, -0.2) is 18.8 Å². The van der Waals surface area contributed by atoms with E-state index < -0.39 is 0 Å². The lowest BCUT2D eigenvalue weighted by Gasteiger charge is -2.34. The smallest absolute Gasteiger partial charge is 0.0811 e. The van der Waals surface area contributed by atoms with E-state index in [4.69, 9.17) is 10.5 Å². The third kappa shape index (κ3) is 0.858. The van der Waals surface area contributed by atoms with E-state index in [9.17, 15) is 0 Å². The summed E-state index contributed by atoms with van der Waals surface area (Å²) in [4.78, 5) is 0. The quantitative estimate of drug-likeness (QED) is 0.591. The van der Waals surface area contributed by atoms with Gasteiger partial charge in [-0.3, -0.25) is 0 Å². The molecule has 3 aliphatic rings. The number of ether oxygens (including phenoxy) is 1. The van der Waals surface area contributed by atoms with E-state index in [-0.39, 0.29) is 18.0 Å². The molecule has 54 valence electrons. The van der Waals surface area contributed by atoms with Gasteiger partial charge in [-0.25, -0.2) is 0 Å². The Morgan fingerprint density at radius 3 is 2.44 bits per heavy atom. The van der Waals surface area contributed by atoms with E-state index in [2.05, 4.69) is 0 Å². The lowest BCUT2D eigenvalue weighted by molar-refractivity contribution is 0.0106. The first-order valence-corrected chi connectivity index (χ1v) is 3.19. The van der Waals surface area contributed by atoms with Gasteiger partial charge >= 0.3 is 0 Å². The molecule has 0 amide bonds. The molecule has 2 nitrogen and oxygen atoms in total. The molecule has 2 heterocycles. The van der Waals surface area contributed by atoms with Crippen LogP contribution in [0.25, 0.3) is 0 Å². The molecule has 0 unspecified atom stereocenters. The van der Waals surface area contributed by atoms with Crippen molar-refractivity contribution in [3.8, 4) is 0 Å². The van der Waals surface area contributed by atoms with Gasteiger partial charge in [0.25, 0.3) is 0 Å². The first-order valence-electron chi connectivity index (χ1n) is 3.19. The molecule has 1 saturated carbocycles. The first-order chi connectivity index (χ1) is 3.85. The molecule has 0 aromatic rings. The summed E-state index contributed by atoms with van der Waals surface area (Å²) in [5.41, 5.74) is 5.64. The second-order valence-corrected chi connectivity index (χ2v) is 2.97. The molecular formula is C6H12ClNO. The van der Waals surface area contributed by atoms with Crippen LogP contribution in [0.5, 0.6) is 0 Å². The Morgan fingerprint density at radius 2 is 2.22 bits per heavy atom. The SMILES string of the molecule is Cl.NCC12CC(CO1)C2. The van der Waals surface area contributed by atoms with Crippen LogP contribution >= 0.6 is 12.4 Å². The predicted octanol–water partition coefficient (Wildman–Crippen LogP) is 0.546. The fourth-order valence-electron chi connectivity index (χ4n) is 1.75. The summed E-state index contributed by atoms with van der Waals surface area (Å²) in [6, 6.07) is 0. The van der Waals surface area contributed by atoms with Crippen LogP contribution in [0.2, 0.25) is 0 Å². The molecular weight excluding hydrogens is 138 g/mol. The Bertz CT molecular complexity index is 106. The Morgan fingerprint density at radius 1 is 1.56 bits per heavy atom. The van der Waals surface area contributed by atoms with E-state index in [1.54, 1.807) is 0 Å². The largest absolute Gasteiger partial charge is 0.373 e. The number of hydrogen-bond acceptors (Lipinski definition) is 2. The fourth-order valence-corrected chi connectivity index (χ4v) is 1.75. The number of fused-ring (bicyclic) bond motifs is 1. The van der Waals surface area contributed by atoms with Crippen molar-refractivity contribution in [3.05, 3.63) is 0 Å². The van der Waals surface area contributed by atoms with Crippen LogP contribution in [-0.2, 0) is 4.74 Å². The number of hydrogen-bond donors (Lipinski definition) is 1. The van der Waals surface area contributed by atoms with E-state index in [1.165, 1.54) is 12.8 Å². The van der Waals surface area contributed by atoms with Gasteiger partial charge in [-0.1, -0.05) is 0 Å². The van der Waals surface area contributed by atoms with E-state index in [0.717, 1.165) is 19.1 Å². The molecule has 2 N–H and O–H groups in total. The molecule has 2 bridgehead atoms. The van der Waals surface area contributed by atoms with Gasteiger partial charge in [0.15, 0.2) is 0 Å². The summed E-state index contributed by atoms with van der Waals surface area (Å²) in [6.07, 6.45) is 2.45. The van der Waals surface area contributed by atoms with Crippen LogP contribution in [0.15, 0.2) is 0 Å². The molecule has 0 atom stereocenters. The van der Waals surface area contributed by atoms with Crippen molar-refractivity contribution >= 4 is 12.4 Å². The van der Waals surface area contributed by atoms with Crippen LogP contribution in [0.4, 0.5) is 0 Å². The van der Waals surface area contributed by atoms with Crippen molar-refractivity contribution in [2.45, 2.75) is 18.4 Å². The third-order valence-electron chi connectivity index (χ3n) is 2.32. The highest BCUT2D eigenvalue weighted by molar-refractivity contribution is 5.85. The monoisotopic (exact) mass is 149 g/mol. The van der Waals surface area contributed by atoms with E-state index in [1.807, 2.05) is 0 Å². The minimum absolute atomic E-state index is 0. The molecule has 3 rings (SSSR count). The summed E-state index contributed by atoms with van der Waals surface area (Å²) in [6.45, 7) is 1.70. The number of rotatable bonds is 1. The van der Waals surface area contributed by atoms with Crippen LogP contribution < -0.4 is 5.73 Å². The standard InChI is InChI=1S/C6H11NO.ClH/c7-4-6-1-5(2-6)3-8-6;/h5H,1-4,7H2;1H. The molecule has 0 aromatic heterocycles. The van der Waals surface area contributed by atoms with Gasteiger partial charge in [-0.2, -0.15) is 0 Å². The molecule has 2 aliphatic heterocycles. The molecule has 2 saturated heterocycles. The van der Waals surface area contributed by atoms with Crippen LogP contribution in [0.1, 0.15) is 12.8 Å².